The van der Waals surface area contributed by atoms with Gasteiger partial charge in [0.25, 0.3) is 5.91 Å². The molecule has 1 aromatic heterocycles. The number of carbonyl (C=O) groups is 1. The fraction of sp³-hybridized carbons (Fsp3) is 0.429. The molecule has 0 aliphatic carbocycles. The maximum Gasteiger partial charge on any atom is 0.291 e. The van der Waals surface area contributed by atoms with E-state index >= 15 is 0 Å². The van der Waals surface area contributed by atoms with Crippen molar-refractivity contribution in [1.29, 1.82) is 0 Å². The van der Waals surface area contributed by atoms with Crippen molar-refractivity contribution < 1.29 is 13.9 Å². The number of rotatable bonds is 7. The van der Waals surface area contributed by atoms with Gasteiger partial charge in [-0.15, -0.1) is 24.0 Å². The summed E-state index contributed by atoms with van der Waals surface area (Å²) in [6.07, 6.45) is 2.58. The Kier molecular flexibility index (Phi) is 9.46. The van der Waals surface area contributed by atoms with Crippen molar-refractivity contribution in [3.05, 3.63) is 54.0 Å². The number of anilines is 1. The largest absolute Gasteiger partial charge is 0.459 e. The number of carbonyl (C=O) groups excluding carboxylic acids is 1. The lowest BCUT2D eigenvalue weighted by Crippen LogP contribution is -2.41. The van der Waals surface area contributed by atoms with Gasteiger partial charge in [-0.25, -0.2) is 4.99 Å². The summed E-state index contributed by atoms with van der Waals surface area (Å²) >= 11 is 0. The van der Waals surface area contributed by atoms with Crippen LogP contribution >= 0.6 is 24.0 Å². The monoisotopic (exact) mass is 512 g/mol. The van der Waals surface area contributed by atoms with Crippen LogP contribution in [0, 0.1) is 5.92 Å². The summed E-state index contributed by atoms with van der Waals surface area (Å²) in [5, 5.41) is 6.19. The van der Waals surface area contributed by atoms with Crippen LogP contribution in [0.5, 0.6) is 0 Å². The van der Waals surface area contributed by atoms with Crippen LogP contribution in [0.15, 0.2) is 52.1 Å². The second-order valence-corrected chi connectivity index (χ2v) is 6.91. The van der Waals surface area contributed by atoms with Crippen LogP contribution < -0.4 is 10.6 Å². The molecule has 3 rings (SSSR count). The minimum absolute atomic E-state index is 0. The third kappa shape index (κ3) is 7.04. The lowest BCUT2D eigenvalue weighted by atomic mass is 10.1. The third-order valence-corrected chi connectivity index (χ3v) is 4.59. The topological polar surface area (TPSA) is 79.1 Å². The Morgan fingerprint density at radius 3 is 2.86 bits per heavy atom. The number of hydrogen-bond donors (Lipinski definition) is 2. The van der Waals surface area contributed by atoms with Crippen molar-refractivity contribution in [3.63, 3.8) is 0 Å². The highest BCUT2D eigenvalue weighted by Gasteiger charge is 2.19. The quantitative estimate of drug-likeness (QED) is 0.337. The zero-order valence-electron chi connectivity index (χ0n) is 16.9. The van der Waals surface area contributed by atoms with Gasteiger partial charge in [0.05, 0.1) is 19.4 Å². The van der Waals surface area contributed by atoms with Crippen LogP contribution in [-0.4, -0.2) is 50.1 Å². The summed E-state index contributed by atoms with van der Waals surface area (Å²) in [4.78, 5) is 19.0. The highest BCUT2D eigenvalue weighted by atomic mass is 127. The van der Waals surface area contributed by atoms with Crippen molar-refractivity contribution in [2.45, 2.75) is 19.9 Å². The van der Waals surface area contributed by atoms with Gasteiger partial charge >= 0.3 is 0 Å². The minimum atomic E-state index is -0.266. The Balaban J connectivity index is 0.00000300. The van der Waals surface area contributed by atoms with Crippen LogP contribution in [0.4, 0.5) is 5.69 Å². The number of aliphatic imine (C=N–C) groups is 1. The number of halogens is 1. The average molecular weight is 512 g/mol. The van der Waals surface area contributed by atoms with E-state index in [1.807, 2.05) is 24.3 Å². The molecule has 1 amide bonds. The first-order valence-corrected chi connectivity index (χ1v) is 9.66. The first-order valence-electron chi connectivity index (χ1n) is 9.66. The summed E-state index contributed by atoms with van der Waals surface area (Å²) in [6.45, 7) is 5.99. The molecule has 1 atom stereocenters. The van der Waals surface area contributed by atoms with Crippen LogP contribution in [0.3, 0.4) is 0 Å². The molecule has 29 heavy (non-hydrogen) atoms. The van der Waals surface area contributed by atoms with Crippen molar-refractivity contribution in [2.24, 2.45) is 10.9 Å². The van der Waals surface area contributed by atoms with Gasteiger partial charge in [0.2, 0.25) is 0 Å². The smallest absolute Gasteiger partial charge is 0.291 e. The summed E-state index contributed by atoms with van der Waals surface area (Å²) in [7, 11) is 2.06. The molecule has 0 saturated carbocycles. The number of guanidine groups is 1. The maximum atomic E-state index is 12.1. The molecule has 158 valence electrons. The summed E-state index contributed by atoms with van der Waals surface area (Å²) < 4.78 is 10.6. The van der Waals surface area contributed by atoms with E-state index in [4.69, 9.17) is 14.1 Å². The van der Waals surface area contributed by atoms with E-state index in [2.05, 4.69) is 29.5 Å². The molecule has 1 unspecified atom stereocenters. The van der Waals surface area contributed by atoms with Gasteiger partial charge in [-0.1, -0.05) is 12.1 Å². The molecular formula is C21H29IN4O3. The van der Waals surface area contributed by atoms with Gasteiger partial charge in [0, 0.05) is 38.3 Å². The van der Waals surface area contributed by atoms with Crippen LogP contribution in [0.1, 0.15) is 29.5 Å². The standard InChI is InChI=1S/C21H28N4O3.HI/c1-3-22-21(25(2)14-17-9-11-27-15-17)23-13-16-6-4-7-18(12-16)24-20(26)19-8-5-10-28-19;/h4-8,10,12,17H,3,9,11,13-15H2,1-2H3,(H,22,23)(H,24,26);1H. The van der Waals surface area contributed by atoms with Gasteiger partial charge < -0.3 is 24.7 Å². The average Bonchev–Trinajstić information content (AvgIpc) is 3.39. The molecule has 2 aromatic rings. The first kappa shape index (κ1) is 23.2. The Hall–Kier alpha value is -2.07. The van der Waals surface area contributed by atoms with E-state index in [9.17, 15) is 4.79 Å². The molecule has 8 heteroatoms. The summed E-state index contributed by atoms with van der Waals surface area (Å²) in [5.74, 6) is 1.45. The van der Waals surface area contributed by atoms with Crippen LogP contribution in [0.25, 0.3) is 0 Å². The number of benzene rings is 1. The second kappa shape index (κ2) is 11.8. The van der Waals surface area contributed by atoms with Gasteiger partial charge in [-0.3, -0.25) is 4.79 Å². The lowest BCUT2D eigenvalue weighted by molar-refractivity contribution is 0.0996. The van der Waals surface area contributed by atoms with Crippen molar-refractivity contribution in [3.8, 4) is 0 Å². The number of nitrogens with zero attached hydrogens (tertiary/aromatic N) is 2. The Labute approximate surface area is 188 Å². The molecule has 1 aromatic carbocycles. The van der Waals surface area contributed by atoms with Gasteiger partial charge in [0.15, 0.2) is 11.7 Å². The van der Waals surface area contributed by atoms with Gasteiger partial charge in [0.1, 0.15) is 0 Å². The zero-order valence-corrected chi connectivity index (χ0v) is 19.2. The molecule has 1 fully saturated rings. The fourth-order valence-electron chi connectivity index (χ4n) is 3.18. The third-order valence-electron chi connectivity index (χ3n) is 4.59. The Morgan fingerprint density at radius 1 is 1.31 bits per heavy atom. The van der Waals surface area contributed by atoms with E-state index in [0.29, 0.717) is 12.5 Å². The van der Waals surface area contributed by atoms with Crippen molar-refractivity contribution in [2.75, 3.05) is 38.7 Å². The number of furan rings is 1. The van der Waals surface area contributed by atoms with Crippen LogP contribution in [-0.2, 0) is 11.3 Å². The number of amides is 1. The van der Waals surface area contributed by atoms with E-state index in [1.165, 1.54) is 6.26 Å². The van der Waals surface area contributed by atoms with Crippen molar-refractivity contribution >= 4 is 41.5 Å². The number of ether oxygens (including phenoxy) is 1. The molecule has 0 radical (unpaired) electrons. The molecule has 7 nitrogen and oxygen atoms in total. The van der Waals surface area contributed by atoms with Gasteiger partial charge in [-0.05, 0) is 43.2 Å². The summed E-state index contributed by atoms with van der Waals surface area (Å²) in [6, 6.07) is 11.0. The molecule has 1 saturated heterocycles. The molecule has 2 N–H and O–H groups in total. The van der Waals surface area contributed by atoms with E-state index in [0.717, 1.165) is 49.9 Å². The summed E-state index contributed by atoms with van der Waals surface area (Å²) in [5.41, 5.74) is 1.74. The van der Waals surface area contributed by atoms with Crippen molar-refractivity contribution in [1.82, 2.24) is 10.2 Å². The van der Waals surface area contributed by atoms with Gasteiger partial charge in [-0.2, -0.15) is 0 Å². The van der Waals surface area contributed by atoms with E-state index < -0.39 is 0 Å². The molecule has 1 aliphatic rings. The maximum absolute atomic E-state index is 12.1. The second-order valence-electron chi connectivity index (χ2n) is 6.91. The predicted octanol–water partition coefficient (Wildman–Crippen LogP) is 3.58. The molecule has 0 spiro atoms. The molecule has 1 aliphatic heterocycles. The highest BCUT2D eigenvalue weighted by Crippen LogP contribution is 2.15. The Morgan fingerprint density at radius 2 is 2.17 bits per heavy atom. The first-order chi connectivity index (χ1) is 13.7. The number of nitrogens with one attached hydrogen (secondary N) is 2. The van der Waals surface area contributed by atoms with E-state index in [1.54, 1.807) is 12.1 Å². The molecule has 2 heterocycles. The zero-order chi connectivity index (χ0) is 19.8. The lowest BCUT2D eigenvalue weighted by Gasteiger charge is -2.24. The predicted molar refractivity (Wildman–Crippen MR) is 125 cm³/mol. The number of hydrogen-bond acceptors (Lipinski definition) is 4. The SMILES string of the molecule is CCNC(=NCc1cccc(NC(=O)c2ccco2)c1)N(C)CC1CCOC1.I. The molecular weight excluding hydrogens is 483 g/mol. The highest BCUT2D eigenvalue weighted by molar-refractivity contribution is 14.0. The molecule has 0 bridgehead atoms. The van der Waals surface area contributed by atoms with E-state index in [-0.39, 0.29) is 35.6 Å². The van der Waals surface area contributed by atoms with Crippen LogP contribution in [0.2, 0.25) is 0 Å². The fourth-order valence-corrected chi connectivity index (χ4v) is 3.18. The Bertz CT molecular complexity index is 789. The normalized spacial score (nSPS) is 16.2. The minimum Gasteiger partial charge on any atom is -0.459 e.